The Hall–Kier alpha value is -2.76. The van der Waals surface area contributed by atoms with Gasteiger partial charge in [-0.1, -0.05) is 29.8 Å². The van der Waals surface area contributed by atoms with Crippen LogP contribution in [0.1, 0.15) is 35.7 Å². The number of rotatable bonds is 5. The monoisotopic (exact) mass is 324 g/mol. The van der Waals surface area contributed by atoms with E-state index in [1.807, 2.05) is 43.3 Å². The van der Waals surface area contributed by atoms with E-state index in [2.05, 4.69) is 15.5 Å². The lowest BCUT2D eigenvalue weighted by Gasteiger charge is -2.10. The second-order valence-corrected chi connectivity index (χ2v) is 6.06. The normalized spacial score (nSPS) is 13.9. The molecule has 0 radical (unpaired) electrons. The summed E-state index contributed by atoms with van der Waals surface area (Å²) in [6.07, 6.45) is 2.10. The molecule has 1 aliphatic rings. The summed E-state index contributed by atoms with van der Waals surface area (Å²) in [5.74, 6) is 0.841. The number of hydrogen-bond acceptors (Lipinski definition) is 4. The van der Waals surface area contributed by atoms with Crippen molar-refractivity contribution >= 4 is 0 Å². The molecule has 1 aromatic heterocycles. The maximum atomic E-state index is 14.5. The quantitative estimate of drug-likeness (QED) is 0.720. The van der Waals surface area contributed by atoms with Crippen molar-refractivity contribution in [2.45, 2.75) is 32.3 Å². The van der Waals surface area contributed by atoms with Gasteiger partial charge >= 0.3 is 0 Å². The SMILES string of the molecule is Cc1ccc(-n2nnnc2COc2cccc(C3CC3)c2F)cc1. The lowest BCUT2D eigenvalue weighted by atomic mass is 10.1. The van der Waals surface area contributed by atoms with Crippen molar-refractivity contribution in [1.82, 2.24) is 20.2 Å². The third-order valence-electron chi connectivity index (χ3n) is 4.18. The number of halogens is 1. The molecule has 0 saturated heterocycles. The third-order valence-corrected chi connectivity index (χ3v) is 4.18. The minimum absolute atomic E-state index is 0.103. The molecule has 4 rings (SSSR count). The van der Waals surface area contributed by atoms with Crippen molar-refractivity contribution in [3.8, 4) is 11.4 Å². The van der Waals surface area contributed by atoms with Gasteiger partial charge in [0.05, 0.1) is 5.69 Å². The second-order valence-electron chi connectivity index (χ2n) is 6.06. The highest BCUT2D eigenvalue weighted by Crippen LogP contribution is 2.42. The average molecular weight is 324 g/mol. The minimum atomic E-state index is -0.269. The van der Waals surface area contributed by atoms with Crippen LogP contribution < -0.4 is 4.74 Å². The molecule has 1 aliphatic carbocycles. The van der Waals surface area contributed by atoms with E-state index >= 15 is 0 Å². The fourth-order valence-electron chi connectivity index (χ4n) is 2.67. The predicted octanol–water partition coefficient (Wildman–Crippen LogP) is 3.57. The Morgan fingerprint density at radius 1 is 1.17 bits per heavy atom. The van der Waals surface area contributed by atoms with E-state index in [0.29, 0.717) is 11.7 Å². The van der Waals surface area contributed by atoms with Gasteiger partial charge in [0.15, 0.2) is 17.4 Å². The highest BCUT2D eigenvalue weighted by atomic mass is 19.1. The summed E-state index contributed by atoms with van der Waals surface area (Å²) in [4.78, 5) is 0. The number of aryl methyl sites for hydroxylation is 1. The van der Waals surface area contributed by atoms with E-state index in [-0.39, 0.29) is 18.2 Å². The Bertz CT molecular complexity index is 856. The Morgan fingerprint density at radius 2 is 1.96 bits per heavy atom. The van der Waals surface area contributed by atoms with Crippen LogP contribution in [0, 0.1) is 12.7 Å². The van der Waals surface area contributed by atoms with Crippen molar-refractivity contribution in [2.75, 3.05) is 0 Å². The van der Waals surface area contributed by atoms with Gasteiger partial charge < -0.3 is 4.74 Å². The van der Waals surface area contributed by atoms with Crippen LogP contribution in [0.5, 0.6) is 5.75 Å². The molecule has 0 aliphatic heterocycles. The van der Waals surface area contributed by atoms with Crippen molar-refractivity contribution < 1.29 is 9.13 Å². The molecule has 122 valence electrons. The van der Waals surface area contributed by atoms with Crippen molar-refractivity contribution in [2.24, 2.45) is 0 Å². The van der Waals surface area contributed by atoms with E-state index in [0.717, 1.165) is 29.7 Å². The molecule has 1 heterocycles. The van der Waals surface area contributed by atoms with E-state index in [1.165, 1.54) is 0 Å². The van der Waals surface area contributed by atoms with Crippen LogP contribution in [-0.2, 0) is 6.61 Å². The zero-order valence-electron chi connectivity index (χ0n) is 13.3. The molecule has 0 N–H and O–H groups in total. The van der Waals surface area contributed by atoms with Crippen molar-refractivity contribution in [1.29, 1.82) is 0 Å². The van der Waals surface area contributed by atoms with Gasteiger partial charge in [-0.25, -0.2) is 4.39 Å². The van der Waals surface area contributed by atoms with Crippen LogP contribution >= 0.6 is 0 Å². The summed E-state index contributed by atoms with van der Waals surface area (Å²) < 4.78 is 21.7. The van der Waals surface area contributed by atoms with Crippen LogP contribution in [-0.4, -0.2) is 20.2 Å². The zero-order chi connectivity index (χ0) is 16.5. The van der Waals surface area contributed by atoms with Crippen LogP contribution in [0.4, 0.5) is 4.39 Å². The minimum Gasteiger partial charge on any atom is -0.482 e. The van der Waals surface area contributed by atoms with Crippen LogP contribution in [0.25, 0.3) is 5.69 Å². The lowest BCUT2D eigenvalue weighted by molar-refractivity contribution is 0.277. The van der Waals surface area contributed by atoms with E-state index in [1.54, 1.807) is 10.7 Å². The summed E-state index contributed by atoms with van der Waals surface area (Å²) >= 11 is 0. The summed E-state index contributed by atoms with van der Waals surface area (Å²) in [6.45, 7) is 2.12. The van der Waals surface area contributed by atoms with Crippen LogP contribution in [0.3, 0.4) is 0 Å². The van der Waals surface area contributed by atoms with Crippen molar-refractivity contribution in [3.63, 3.8) is 0 Å². The van der Waals surface area contributed by atoms with Gasteiger partial charge in [-0.15, -0.1) is 5.10 Å². The second kappa shape index (κ2) is 6.03. The van der Waals surface area contributed by atoms with Gasteiger partial charge in [0.2, 0.25) is 0 Å². The molecule has 0 atom stereocenters. The van der Waals surface area contributed by atoms with E-state index in [4.69, 9.17) is 4.74 Å². The highest BCUT2D eigenvalue weighted by molar-refractivity contribution is 5.36. The van der Waals surface area contributed by atoms with E-state index in [9.17, 15) is 4.39 Å². The Balaban J connectivity index is 1.54. The first-order chi connectivity index (χ1) is 11.7. The maximum Gasteiger partial charge on any atom is 0.194 e. The van der Waals surface area contributed by atoms with Crippen molar-refractivity contribution in [3.05, 3.63) is 65.2 Å². The first-order valence-corrected chi connectivity index (χ1v) is 7.98. The summed E-state index contributed by atoms with van der Waals surface area (Å²) in [6, 6.07) is 13.1. The van der Waals surface area contributed by atoms with Crippen LogP contribution in [0.15, 0.2) is 42.5 Å². The largest absolute Gasteiger partial charge is 0.482 e. The fourth-order valence-corrected chi connectivity index (χ4v) is 2.67. The predicted molar refractivity (Wildman–Crippen MR) is 86.6 cm³/mol. The molecular weight excluding hydrogens is 307 g/mol. The Kier molecular flexibility index (Phi) is 3.72. The molecule has 5 nitrogen and oxygen atoms in total. The average Bonchev–Trinajstić information content (AvgIpc) is 3.33. The molecule has 2 aromatic carbocycles. The number of nitrogens with zero attached hydrogens (tertiary/aromatic N) is 4. The molecule has 0 bridgehead atoms. The number of ether oxygens (including phenoxy) is 1. The smallest absolute Gasteiger partial charge is 0.194 e. The van der Waals surface area contributed by atoms with Gasteiger partial charge in [0.1, 0.15) is 6.61 Å². The first kappa shape index (κ1) is 14.8. The molecule has 3 aromatic rings. The number of benzene rings is 2. The molecular formula is C18H17FN4O. The van der Waals surface area contributed by atoms with Crippen LogP contribution in [0.2, 0.25) is 0 Å². The van der Waals surface area contributed by atoms with Gasteiger partial charge in [-0.2, -0.15) is 4.68 Å². The summed E-state index contributed by atoms with van der Waals surface area (Å²) in [5, 5.41) is 11.7. The van der Waals surface area contributed by atoms with Gasteiger partial charge in [-0.3, -0.25) is 0 Å². The summed E-state index contributed by atoms with van der Waals surface area (Å²) in [5.41, 5.74) is 2.74. The Morgan fingerprint density at radius 3 is 2.71 bits per heavy atom. The van der Waals surface area contributed by atoms with Gasteiger partial charge in [-0.05, 0) is 59.9 Å². The number of hydrogen-bond donors (Lipinski definition) is 0. The molecule has 1 saturated carbocycles. The molecule has 0 spiro atoms. The Labute approximate surface area is 139 Å². The fraction of sp³-hybridized carbons (Fsp3) is 0.278. The lowest BCUT2D eigenvalue weighted by Crippen LogP contribution is -2.08. The molecule has 24 heavy (non-hydrogen) atoms. The van der Waals surface area contributed by atoms with Gasteiger partial charge in [0.25, 0.3) is 0 Å². The number of tetrazole rings is 1. The molecule has 6 heteroatoms. The summed E-state index contributed by atoms with van der Waals surface area (Å²) in [7, 11) is 0. The first-order valence-electron chi connectivity index (χ1n) is 7.98. The molecule has 1 fully saturated rings. The molecule has 0 unspecified atom stereocenters. The highest BCUT2D eigenvalue weighted by Gasteiger charge is 2.27. The standard InChI is InChI=1S/C18H17FN4O/c1-12-5-9-14(10-6-12)23-17(20-21-22-23)11-24-16-4-2-3-15(18(16)19)13-7-8-13/h2-6,9-10,13H,7-8,11H2,1H3. The third kappa shape index (κ3) is 2.87. The maximum absolute atomic E-state index is 14.5. The van der Waals surface area contributed by atoms with Gasteiger partial charge in [0, 0.05) is 0 Å². The topological polar surface area (TPSA) is 52.8 Å². The molecule has 0 amide bonds. The van der Waals surface area contributed by atoms with E-state index < -0.39 is 0 Å². The zero-order valence-corrected chi connectivity index (χ0v) is 13.3. The number of aromatic nitrogens is 4.